The molecule has 0 atom stereocenters. The zero-order chi connectivity index (χ0) is 7.86. The van der Waals surface area contributed by atoms with Crippen LogP contribution in [-0.2, 0) is 9.53 Å². The van der Waals surface area contributed by atoms with Gasteiger partial charge in [0.2, 0.25) is 0 Å². The highest BCUT2D eigenvalue weighted by Crippen LogP contribution is 1.65. The number of ether oxygens (including phenoxy) is 1. The Kier molecular flexibility index (Phi) is 18.2. The van der Waals surface area contributed by atoms with Crippen molar-refractivity contribution in [2.24, 2.45) is 0 Å². The van der Waals surface area contributed by atoms with E-state index in [2.05, 4.69) is 4.74 Å². The van der Waals surface area contributed by atoms with Crippen LogP contribution in [0.5, 0.6) is 0 Å². The number of hydrogen-bond donors (Lipinski definition) is 2. The molecule has 0 heterocycles. The molecule has 0 aromatic heterocycles. The number of rotatable bonds is 0. The summed E-state index contributed by atoms with van der Waals surface area (Å²) in [4.78, 5) is 9.59. The molecule has 0 aromatic rings. The van der Waals surface area contributed by atoms with E-state index in [0.29, 0.717) is 0 Å². The standard InChI is InChI=1S/C3H6O2.C3H8O.H3N/c1-3(4)5-2;1-3(2)4;/h1-2H3;3-4H,1-2H3;1H3. The number of methoxy groups -OCH3 is 1. The molecule has 0 bridgehead atoms. The van der Waals surface area contributed by atoms with Gasteiger partial charge in [-0.1, -0.05) is 0 Å². The van der Waals surface area contributed by atoms with Gasteiger partial charge in [-0.15, -0.1) is 0 Å². The van der Waals surface area contributed by atoms with Gasteiger partial charge in [-0.05, 0) is 13.8 Å². The number of carbonyl (C=O) groups is 1. The predicted molar refractivity (Wildman–Crippen MR) is 40.1 cm³/mol. The molecule has 0 rings (SSSR count). The van der Waals surface area contributed by atoms with E-state index in [1.807, 2.05) is 0 Å². The van der Waals surface area contributed by atoms with Crippen molar-refractivity contribution in [3.05, 3.63) is 0 Å². The molecule has 64 valence electrons. The molecule has 0 saturated carbocycles. The average molecular weight is 151 g/mol. The van der Waals surface area contributed by atoms with Gasteiger partial charge in [-0.2, -0.15) is 0 Å². The maximum atomic E-state index is 9.59. The summed E-state index contributed by atoms with van der Waals surface area (Å²) in [6.07, 6.45) is -0.167. The van der Waals surface area contributed by atoms with Crippen molar-refractivity contribution in [2.45, 2.75) is 26.9 Å². The molecule has 0 fully saturated rings. The van der Waals surface area contributed by atoms with Crippen molar-refractivity contribution in [3.63, 3.8) is 0 Å². The fraction of sp³-hybridized carbons (Fsp3) is 0.833. The smallest absolute Gasteiger partial charge is 0.302 e. The van der Waals surface area contributed by atoms with Crippen molar-refractivity contribution in [2.75, 3.05) is 7.11 Å². The average Bonchev–Trinajstić information content (AvgIpc) is 1.65. The van der Waals surface area contributed by atoms with E-state index in [0.717, 1.165) is 0 Å². The van der Waals surface area contributed by atoms with E-state index in [1.165, 1.54) is 14.0 Å². The highest BCUT2D eigenvalue weighted by Gasteiger charge is 1.75. The number of aliphatic hydroxyl groups is 1. The van der Waals surface area contributed by atoms with Gasteiger partial charge in [-0.3, -0.25) is 4.79 Å². The Balaban J connectivity index is -0.0000000910. The molecule has 0 radical (unpaired) electrons. The van der Waals surface area contributed by atoms with Crippen LogP contribution in [0.2, 0.25) is 0 Å². The summed E-state index contributed by atoms with van der Waals surface area (Å²) < 4.78 is 4.11. The van der Waals surface area contributed by atoms with Crippen LogP contribution in [0.4, 0.5) is 0 Å². The summed E-state index contributed by atoms with van der Waals surface area (Å²) >= 11 is 0. The summed E-state index contributed by atoms with van der Waals surface area (Å²) in [7, 11) is 1.35. The fourth-order valence-corrected chi connectivity index (χ4v) is 0. The zero-order valence-electron chi connectivity index (χ0n) is 7.05. The quantitative estimate of drug-likeness (QED) is 0.500. The largest absolute Gasteiger partial charge is 0.469 e. The van der Waals surface area contributed by atoms with Crippen molar-refractivity contribution in [1.29, 1.82) is 0 Å². The first-order chi connectivity index (χ1) is 4.00. The second-order valence-electron chi connectivity index (χ2n) is 1.79. The number of esters is 1. The third-order valence-corrected chi connectivity index (χ3v) is 0.287. The third kappa shape index (κ3) is 156. The fourth-order valence-electron chi connectivity index (χ4n) is 0. The first-order valence-corrected chi connectivity index (χ1v) is 2.73. The van der Waals surface area contributed by atoms with Crippen molar-refractivity contribution >= 4 is 5.97 Å². The van der Waals surface area contributed by atoms with Crippen LogP contribution in [0, 0.1) is 0 Å². The Labute approximate surface area is 61.8 Å². The topological polar surface area (TPSA) is 81.5 Å². The first kappa shape index (κ1) is 16.2. The Bertz CT molecular complexity index is 70.6. The second-order valence-corrected chi connectivity index (χ2v) is 1.79. The van der Waals surface area contributed by atoms with Gasteiger partial charge in [0.15, 0.2) is 0 Å². The van der Waals surface area contributed by atoms with Gasteiger partial charge in [0.25, 0.3) is 0 Å². The Morgan fingerprint density at radius 2 is 1.60 bits per heavy atom. The lowest BCUT2D eigenvalue weighted by molar-refractivity contribution is -0.137. The molecule has 10 heavy (non-hydrogen) atoms. The lowest BCUT2D eigenvalue weighted by Gasteiger charge is -1.80. The molecule has 0 unspecified atom stereocenters. The van der Waals surface area contributed by atoms with Crippen molar-refractivity contribution in [3.8, 4) is 0 Å². The minimum absolute atomic E-state index is 0. The van der Waals surface area contributed by atoms with Crippen LogP contribution in [-0.4, -0.2) is 24.3 Å². The number of hydrogen-bond acceptors (Lipinski definition) is 4. The highest BCUT2D eigenvalue weighted by molar-refractivity contribution is 5.65. The molecule has 0 amide bonds. The Morgan fingerprint density at radius 1 is 1.50 bits per heavy atom. The van der Waals surface area contributed by atoms with Gasteiger partial charge in [-0.25, -0.2) is 0 Å². The van der Waals surface area contributed by atoms with Gasteiger partial charge in [0.1, 0.15) is 0 Å². The summed E-state index contributed by atoms with van der Waals surface area (Å²) in [5, 5.41) is 8.06. The third-order valence-electron chi connectivity index (χ3n) is 0.287. The van der Waals surface area contributed by atoms with Gasteiger partial charge < -0.3 is 16.0 Å². The summed E-state index contributed by atoms with van der Waals surface area (Å²) in [5.74, 6) is -0.245. The van der Waals surface area contributed by atoms with Crippen molar-refractivity contribution < 1.29 is 14.6 Å². The van der Waals surface area contributed by atoms with Crippen LogP contribution in [0.15, 0.2) is 0 Å². The zero-order valence-corrected chi connectivity index (χ0v) is 7.05. The van der Waals surface area contributed by atoms with Crippen LogP contribution in [0.1, 0.15) is 20.8 Å². The number of carbonyl (C=O) groups excluding carboxylic acids is 1. The van der Waals surface area contributed by atoms with Crippen LogP contribution in [0.25, 0.3) is 0 Å². The maximum absolute atomic E-state index is 9.59. The molecule has 0 aliphatic heterocycles. The normalized spacial score (nSPS) is 7.00. The van der Waals surface area contributed by atoms with E-state index < -0.39 is 0 Å². The van der Waals surface area contributed by atoms with Gasteiger partial charge >= 0.3 is 5.97 Å². The molecule has 0 aromatic carbocycles. The lowest BCUT2D eigenvalue weighted by atomic mass is 10.5. The predicted octanol–water partition coefficient (Wildman–Crippen LogP) is 0.728. The molecule has 0 aliphatic rings. The second kappa shape index (κ2) is 11.2. The Hall–Kier alpha value is -0.610. The van der Waals surface area contributed by atoms with E-state index in [1.54, 1.807) is 13.8 Å². The molecule has 4 N–H and O–H groups in total. The van der Waals surface area contributed by atoms with E-state index in [9.17, 15) is 4.79 Å². The minimum Gasteiger partial charge on any atom is -0.469 e. The van der Waals surface area contributed by atoms with Crippen molar-refractivity contribution in [1.82, 2.24) is 6.15 Å². The molecular formula is C6H17NO3. The molecule has 0 aliphatic carbocycles. The molecule has 0 saturated heterocycles. The number of aliphatic hydroxyl groups excluding tert-OH is 1. The summed E-state index contributed by atoms with van der Waals surface area (Å²) in [6.45, 7) is 4.81. The lowest BCUT2D eigenvalue weighted by Crippen LogP contribution is -1.88. The molecular weight excluding hydrogens is 134 g/mol. The van der Waals surface area contributed by atoms with Gasteiger partial charge in [0.05, 0.1) is 7.11 Å². The van der Waals surface area contributed by atoms with Gasteiger partial charge in [0, 0.05) is 13.0 Å². The van der Waals surface area contributed by atoms with E-state index in [-0.39, 0.29) is 18.2 Å². The Morgan fingerprint density at radius 3 is 1.60 bits per heavy atom. The molecule has 4 nitrogen and oxygen atoms in total. The molecule has 0 spiro atoms. The SMILES string of the molecule is CC(C)O.COC(C)=O.N. The van der Waals surface area contributed by atoms with Crippen LogP contribution < -0.4 is 6.15 Å². The van der Waals surface area contributed by atoms with Crippen LogP contribution in [0.3, 0.4) is 0 Å². The monoisotopic (exact) mass is 151 g/mol. The maximum Gasteiger partial charge on any atom is 0.302 e. The molecule has 4 heteroatoms. The highest BCUT2D eigenvalue weighted by atomic mass is 16.5. The first-order valence-electron chi connectivity index (χ1n) is 2.73. The summed E-state index contributed by atoms with van der Waals surface area (Å²) in [5.41, 5.74) is 0. The minimum atomic E-state index is -0.245. The van der Waals surface area contributed by atoms with E-state index >= 15 is 0 Å². The summed E-state index contributed by atoms with van der Waals surface area (Å²) in [6, 6.07) is 0. The van der Waals surface area contributed by atoms with E-state index in [4.69, 9.17) is 5.11 Å². The van der Waals surface area contributed by atoms with Crippen LogP contribution >= 0.6 is 0 Å².